The van der Waals surface area contributed by atoms with Gasteiger partial charge in [0, 0.05) is 5.92 Å². The third-order valence-electron chi connectivity index (χ3n) is 4.60. The molecule has 0 amide bonds. The van der Waals surface area contributed by atoms with E-state index in [9.17, 15) is 0 Å². The Hall–Kier alpha value is -1.60. The first-order chi connectivity index (χ1) is 9.18. The van der Waals surface area contributed by atoms with E-state index in [-0.39, 0.29) is 0 Å². The molecule has 96 valence electrons. The van der Waals surface area contributed by atoms with Crippen LogP contribution in [0.4, 0.5) is 0 Å². The summed E-state index contributed by atoms with van der Waals surface area (Å²) in [6.07, 6.45) is 2.11. The Morgan fingerprint density at radius 3 is 1.95 bits per heavy atom. The summed E-state index contributed by atoms with van der Waals surface area (Å²) in [4.78, 5) is 0. The lowest BCUT2D eigenvalue weighted by Crippen LogP contribution is -2.60. The molecule has 3 rings (SSSR count). The average Bonchev–Trinajstić information content (AvgIpc) is 2.46. The highest BCUT2D eigenvalue weighted by Crippen LogP contribution is 2.31. The lowest BCUT2D eigenvalue weighted by molar-refractivity contribution is 0.927. The normalized spacial score (nSPS) is 24.4. The van der Waals surface area contributed by atoms with Gasteiger partial charge in [-0.05, 0) is 17.2 Å². The van der Waals surface area contributed by atoms with Gasteiger partial charge in [-0.25, -0.2) is 0 Å². The Labute approximate surface area is 116 Å². The van der Waals surface area contributed by atoms with Crippen molar-refractivity contribution in [1.82, 2.24) is 0 Å². The van der Waals surface area contributed by atoms with E-state index in [1.165, 1.54) is 11.1 Å². The summed E-state index contributed by atoms with van der Waals surface area (Å²) in [5.41, 5.74) is 3.05. The predicted octanol–water partition coefficient (Wildman–Crippen LogP) is 3.53. The lowest BCUT2D eigenvalue weighted by Gasteiger charge is -2.38. The highest BCUT2D eigenvalue weighted by Gasteiger charge is 2.39. The number of rotatable bonds is 2. The lowest BCUT2D eigenvalue weighted by atomic mass is 9.92. The molecule has 0 N–H and O–H groups in total. The quantitative estimate of drug-likeness (QED) is 0.575. The van der Waals surface area contributed by atoms with E-state index in [4.69, 9.17) is 0 Å². The summed E-state index contributed by atoms with van der Waals surface area (Å²) in [6, 6.07) is 19.1. The van der Waals surface area contributed by atoms with Crippen LogP contribution in [0, 0.1) is 0 Å². The third-order valence-corrected chi connectivity index (χ3v) is 8.99. The molecule has 1 aliphatic heterocycles. The van der Waals surface area contributed by atoms with E-state index in [1.54, 1.807) is 10.4 Å². The summed E-state index contributed by atoms with van der Waals surface area (Å²) in [5.74, 6) is 0.512. The molecule has 0 unspecified atom stereocenters. The number of benzene rings is 2. The average molecular weight is 264 g/mol. The molecule has 0 spiro atoms. The van der Waals surface area contributed by atoms with E-state index in [2.05, 4.69) is 74.7 Å². The summed E-state index contributed by atoms with van der Waals surface area (Å²) in [5, 5.41) is 3.20. The van der Waals surface area contributed by atoms with Crippen LogP contribution in [-0.4, -0.2) is 8.07 Å². The molecule has 0 saturated heterocycles. The first-order valence-corrected chi connectivity index (χ1v) is 9.69. The van der Waals surface area contributed by atoms with Gasteiger partial charge in [0.05, 0.1) is 0 Å². The van der Waals surface area contributed by atoms with Crippen LogP contribution in [0.3, 0.4) is 0 Å². The predicted molar refractivity (Wildman–Crippen MR) is 86.3 cm³/mol. The molecule has 1 heteroatoms. The monoisotopic (exact) mass is 264 g/mol. The number of allylic oxidation sites excluding steroid dienone is 1. The van der Waals surface area contributed by atoms with Gasteiger partial charge in [-0.2, -0.15) is 0 Å². The van der Waals surface area contributed by atoms with Crippen LogP contribution < -0.4 is 10.4 Å². The molecule has 2 aromatic carbocycles. The maximum Gasteiger partial charge on any atom is 0.119 e. The van der Waals surface area contributed by atoms with Crippen molar-refractivity contribution in [3.8, 4) is 0 Å². The zero-order valence-electron chi connectivity index (χ0n) is 11.7. The second-order valence-electron chi connectivity index (χ2n) is 5.72. The number of hydrogen-bond donors (Lipinski definition) is 0. The van der Waals surface area contributed by atoms with Gasteiger partial charge in [0.2, 0.25) is 0 Å². The highest BCUT2D eigenvalue weighted by molar-refractivity contribution is 7.02. The van der Waals surface area contributed by atoms with E-state index in [1.807, 2.05) is 0 Å². The van der Waals surface area contributed by atoms with Crippen LogP contribution in [0.25, 0.3) is 0 Å². The van der Waals surface area contributed by atoms with Crippen LogP contribution in [0.2, 0.25) is 12.6 Å². The Bertz CT molecular complexity index is 580. The molecule has 0 atom stereocenters. The zero-order chi connectivity index (χ0) is 13.5. The molecule has 1 heterocycles. The fourth-order valence-corrected chi connectivity index (χ4v) is 7.68. The first-order valence-electron chi connectivity index (χ1n) is 6.98. The molecule has 0 radical (unpaired) electrons. The van der Waals surface area contributed by atoms with Gasteiger partial charge in [-0.1, -0.05) is 78.5 Å². The van der Waals surface area contributed by atoms with Crippen LogP contribution in [0.1, 0.15) is 24.0 Å². The molecule has 0 saturated carbocycles. The van der Waals surface area contributed by atoms with Crippen LogP contribution in [0.5, 0.6) is 0 Å². The SMILES string of the molecule is C=CC[Si]1(C)c2ccccc2C(C)c2ccccc21. The molecule has 0 bridgehead atoms. The summed E-state index contributed by atoms with van der Waals surface area (Å²) >= 11 is 0. The van der Waals surface area contributed by atoms with Gasteiger partial charge in [0.15, 0.2) is 0 Å². The molecule has 0 fully saturated rings. The van der Waals surface area contributed by atoms with Crippen molar-refractivity contribution < 1.29 is 0 Å². The molecule has 19 heavy (non-hydrogen) atoms. The number of hydrogen-bond acceptors (Lipinski definition) is 0. The van der Waals surface area contributed by atoms with Crippen LogP contribution in [-0.2, 0) is 0 Å². The summed E-state index contributed by atoms with van der Waals surface area (Å²) < 4.78 is 0. The van der Waals surface area contributed by atoms with Crippen molar-refractivity contribution in [2.75, 3.05) is 0 Å². The molecule has 2 aromatic rings. The van der Waals surface area contributed by atoms with Gasteiger partial charge < -0.3 is 0 Å². The second-order valence-corrected chi connectivity index (χ2v) is 9.87. The van der Waals surface area contributed by atoms with Crippen molar-refractivity contribution in [1.29, 1.82) is 0 Å². The summed E-state index contributed by atoms with van der Waals surface area (Å²) in [6.45, 7) is 8.82. The molecule has 1 aliphatic rings. The fraction of sp³-hybridized carbons (Fsp3) is 0.222. The van der Waals surface area contributed by atoms with Crippen LogP contribution >= 0.6 is 0 Å². The van der Waals surface area contributed by atoms with Gasteiger partial charge in [0.25, 0.3) is 0 Å². The highest BCUT2D eigenvalue weighted by atomic mass is 28.3. The Morgan fingerprint density at radius 1 is 1.00 bits per heavy atom. The fourth-order valence-electron chi connectivity index (χ4n) is 3.58. The Kier molecular flexibility index (Phi) is 2.94. The minimum absolute atomic E-state index is 0.512. The number of fused-ring (bicyclic) bond motifs is 2. The topological polar surface area (TPSA) is 0 Å². The van der Waals surface area contributed by atoms with Crippen molar-refractivity contribution >= 4 is 18.4 Å². The minimum atomic E-state index is -1.64. The largest absolute Gasteiger partial charge is 0.119 e. The Morgan fingerprint density at radius 2 is 1.47 bits per heavy atom. The van der Waals surface area contributed by atoms with E-state index >= 15 is 0 Å². The maximum atomic E-state index is 4.00. The van der Waals surface area contributed by atoms with Crippen molar-refractivity contribution in [2.24, 2.45) is 0 Å². The molecular weight excluding hydrogens is 244 g/mol. The standard InChI is InChI=1S/C18H20Si/c1-4-13-19(3)17-11-7-5-9-15(17)14(2)16-10-6-8-12-18(16)19/h4-12,14H,1,13H2,2-3H3. The van der Waals surface area contributed by atoms with Gasteiger partial charge in [-0.3, -0.25) is 0 Å². The Balaban J connectivity index is 2.32. The maximum absolute atomic E-state index is 4.00. The smallest absolute Gasteiger partial charge is 0.103 e. The molecular formula is C18H20Si. The first kappa shape index (κ1) is 12.4. The minimum Gasteiger partial charge on any atom is -0.103 e. The van der Waals surface area contributed by atoms with E-state index in [0.717, 1.165) is 6.04 Å². The molecule has 0 aliphatic carbocycles. The van der Waals surface area contributed by atoms with Crippen molar-refractivity contribution in [3.63, 3.8) is 0 Å². The van der Waals surface area contributed by atoms with Gasteiger partial charge in [0.1, 0.15) is 8.07 Å². The van der Waals surface area contributed by atoms with Gasteiger partial charge >= 0.3 is 0 Å². The van der Waals surface area contributed by atoms with Gasteiger partial charge in [-0.15, -0.1) is 6.58 Å². The zero-order valence-corrected chi connectivity index (χ0v) is 12.7. The third kappa shape index (κ3) is 1.72. The molecule has 0 nitrogen and oxygen atoms in total. The molecule has 0 aromatic heterocycles. The van der Waals surface area contributed by atoms with E-state index < -0.39 is 8.07 Å². The van der Waals surface area contributed by atoms with Crippen molar-refractivity contribution in [3.05, 3.63) is 72.3 Å². The van der Waals surface area contributed by atoms with Crippen LogP contribution in [0.15, 0.2) is 61.2 Å². The van der Waals surface area contributed by atoms with Crippen molar-refractivity contribution in [2.45, 2.75) is 25.4 Å². The summed E-state index contributed by atoms with van der Waals surface area (Å²) in [7, 11) is -1.64. The van der Waals surface area contributed by atoms with E-state index in [0.29, 0.717) is 5.92 Å². The second kappa shape index (κ2) is 4.50.